The number of para-hydroxylation sites is 1. The van der Waals surface area contributed by atoms with Gasteiger partial charge in [0, 0.05) is 4.88 Å². The molecule has 0 bridgehead atoms. The summed E-state index contributed by atoms with van der Waals surface area (Å²) in [6.45, 7) is 1.85. The molecule has 0 fully saturated rings. The number of aliphatic hydroxyl groups is 1. The Labute approximate surface area is 130 Å². The standard InChI is InChI=1S/C15H14N2O2S2/c1-15(19,12-7-4-8-20-12)9-16-13(18)14-17-10-5-2-3-6-11(10)21-14/h2-8,19H,9H2,1H3,(H,16,18)/t15-/m0/s1. The lowest BCUT2D eigenvalue weighted by Crippen LogP contribution is -2.38. The molecule has 0 unspecified atom stereocenters. The zero-order chi connectivity index (χ0) is 14.9. The number of hydrogen-bond donors (Lipinski definition) is 2. The monoisotopic (exact) mass is 318 g/mol. The van der Waals surface area contributed by atoms with E-state index in [0.717, 1.165) is 15.1 Å². The van der Waals surface area contributed by atoms with Crippen LogP contribution in [0.2, 0.25) is 0 Å². The van der Waals surface area contributed by atoms with E-state index in [4.69, 9.17) is 0 Å². The van der Waals surface area contributed by atoms with E-state index in [2.05, 4.69) is 10.3 Å². The third-order valence-corrected chi connectivity index (χ3v) is 5.29. The highest BCUT2D eigenvalue weighted by Gasteiger charge is 2.25. The Kier molecular flexibility index (Phi) is 3.75. The Morgan fingerprint density at radius 1 is 1.33 bits per heavy atom. The molecule has 0 radical (unpaired) electrons. The van der Waals surface area contributed by atoms with Crippen LogP contribution >= 0.6 is 22.7 Å². The number of amides is 1. The van der Waals surface area contributed by atoms with Crippen LogP contribution in [0.4, 0.5) is 0 Å². The summed E-state index contributed by atoms with van der Waals surface area (Å²) >= 11 is 2.82. The molecule has 3 rings (SSSR count). The van der Waals surface area contributed by atoms with Crippen LogP contribution in [-0.4, -0.2) is 22.5 Å². The molecule has 2 N–H and O–H groups in total. The first-order chi connectivity index (χ1) is 10.1. The van der Waals surface area contributed by atoms with Gasteiger partial charge in [0.15, 0.2) is 5.01 Å². The van der Waals surface area contributed by atoms with E-state index in [1.807, 2.05) is 41.8 Å². The van der Waals surface area contributed by atoms with Gasteiger partial charge in [-0.25, -0.2) is 4.98 Å². The van der Waals surface area contributed by atoms with Crippen molar-refractivity contribution >= 4 is 38.8 Å². The molecule has 0 spiro atoms. The van der Waals surface area contributed by atoms with E-state index >= 15 is 0 Å². The summed E-state index contributed by atoms with van der Waals surface area (Å²) in [5.74, 6) is -0.256. The Morgan fingerprint density at radius 2 is 2.14 bits per heavy atom. The Balaban J connectivity index is 1.72. The lowest BCUT2D eigenvalue weighted by atomic mass is 10.1. The fraction of sp³-hybridized carbons (Fsp3) is 0.200. The fourth-order valence-electron chi connectivity index (χ4n) is 1.97. The molecular weight excluding hydrogens is 304 g/mol. The number of nitrogens with zero attached hydrogens (tertiary/aromatic N) is 1. The van der Waals surface area contributed by atoms with Crippen molar-refractivity contribution in [3.8, 4) is 0 Å². The second kappa shape index (κ2) is 5.55. The van der Waals surface area contributed by atoms with Gasteiger partial charge in [-0.05, 0) is 30.5 Å². The lowest BCUT2D eigenvalue weighted by Gasteiger charge is -2.21. The smallest absolute Gasteiger partial charge is 0.280 e. The number of carbonyl (C=O) groups excluding carboxylic acids is 1. The Morgan fingerprint density at radius 3 is 2.86 bits per heavy atom. The van der Waals surface area contributed by atoms with Crippen LogP contribution in [0, 0.1) is 0 Å². The molecule has 6 heteroatoms. The molecular formula is C15H14N2O2S2. The first-order valence-electron chi connectivity index (χ1n) is 6.46. The van der Waals surface area contributed by atoms with Crippen molar-refractivity contribution in [3.63, 3.8) is 0 Å². The van der Waals surface area contributed by atoms with Crippen molar-refractivity contribution in [1.29, 1.82) is 0 Å². The van der Waals surface area contributed by atoms with Crippen molar-refractivity contribution in [2.45, 2.75) is 12.5 Å². The third kappa shape index (κ3) is 2.97. The van der Waals surface area contributed by atoms with Gasteiger partial charge in [-0.3, -0.25) is 4.79 Å². The number of rotatable bonds is 4. The van der Waals surface area contributed by atoms with E-state index in [1.165, 1.54) is 22.7 Å². The quantitative estimate of drug-likeness (QED) is 0.777. The highest BCUT2D eigenvalue weighted by molar-refractivity contribution is 7.20. The summed E-state index contributed by atoms with van der Waals surface area (Å²) in [4.78, 5) is 17.3. The summed E-state index contributed by atoms with van der Waals surface area (Å²) < 4.78 is 0.979. The van der Waals surface area contributed by atoms with Crippen LogP contribution in [0.25, 0.3) is 10.2 Å². The van der Waals surface area contributed by atoms with Gasteiger partial charge < -0.3 is 10.4 Å². The predicted octanol–water partition coefficient (Wildman–Crippen LogP) is 3.00. The van der Waals surface area contributed by atoms with Crippen LogP contribution in [0.3, 0.4) is 0 Å². The third-order valence-electron chi connectivity index (χ3n) is 3.13. The first-order valence-corrected chi connectivity index (χ1v) is 8.16. The van der Waals surface area contributed by atoms with Crippen LogP contribution in [0.15, 0.2) is 41.8 Å². The topological polar surface area (TPSA) is 62.2 Å². The number of benzene rings is 1. The number of hydrogen-bond acceptors (Lipinski definition) is 5. The molecule has 4 nitrogen and oxygen atoms in total. The molecule has 3 aromatic rings. The SMILES string of the molecule is C[C@](O)(CNC(=O)c1nc2ccccc2s1)c1cccs1. The number of carbonyl (C=O) groups is 1. The second-order valence-electron chi connectivity index (χ2n) is 4.92. The predicted molar refractivity (Wildman–Crippen MR) is 85.8 cm³/mol. The summed E-state index contributed by atoms with van der Waals surface area (Å²) in [5, 5.41) is 15.5. The molecule has 0 saturated carbocycles. The molecule has 1 amide bonds. The minimum Gasteiger partial charge on any atom is -0.383 e. The molecule has 0 aliphatic carbocycles. The van der Waals surface area contributed by atoms with Gasteiger partial charge in [-0.2, -0.15) is 0 Å². The normalized spacial score (nSPS) is 14.0. The highest BCUT2D eigenvalue weighted by atomic mass is 32.1. The van der Waals surface area contributed by atoms with Crippen LogP contribution in [-0.2, 0) is 5.60 Å². The van der Waals surface area contributed by atoms with Crippen molar-refractivity contribution in [2.75, 3.05) is 6.54 Å². The zero-order valence-electron chi connectivity index (χ0n) is 11.4. The van der Waals surface area contributed by atoms with Crippen LogP contribution in [0.1, 0.15) is 21.6 Å². The van der Waals surface area contributed by atoms with E-state index in [-0.39, 0.29) is 12.5 Å². The Bertz CT molecular complexity index is 730. The number of thiophene rings is 1. The molecule has 108 valence electrons. The molecule has 0 saturated heterocycles. The summed E-state index contributed by atoms with van der Waals surface area (Å²) in [6.07, 6.45) is 0. The van der Waals surface area contributed by atoms with Gasteiger partial charge in [-0.15, -0.1) is 22.7 Å². The number of nitrogens with one attached hydrogen (secondary N) is 1. The lowest BCUT2D eigenvalue weighted by molar-refractivity contribution is 0.0557. The highest BCUT2D eigenvalue weighted by Crippen LogP contribution is 2.25. The van der Waals surface area contributed by atoms with Gasteiger partial charge in [0.05, 0.1) is 16.8 Å². The van der Waals surface area contributed by atoms with Crippen molar-refractivity contribution in [3.05, 3.63) is 51.7 Å². The fourth-order valence-corrected chi connectivity index (χ4v) is 3.64. The van der Waals surface area contributed by atoms with E-state index in [9.17, 15) is 9.90 Å². The maximum Gasteiger partial charge on any atom is 0.280 e. The maximum atomic E-state index is 12.2. The van der Waals surface area contributed by atoms with Gasteiger partial charge in [0.25, 0.3) is 5.91 Å². The molecule has 21 heavy (non-hydrogen) atoms. The molecule has 0 aliphatic heterocycles. The molecule has 0 aliphatic rings. The van der Waals surface area contributed by atoms with E-state index < -0.39 is 5.60 Å². The molecule has 1 atom stereocenters. The van der Waals surface area contributed by atoms with Crippen molar-refractivity contribution in [2.24, 2.45) is 0 Å². The summed E-state index contributed by atoms with van der Waals surface area (Å²) in [5.41, 5.74) is -0.252. The summed E-state index contributed by atoms with van der Waals surface area (Å²) in [6, 6.07) is 11.4. The maximum absolute atomic E-state index is 12.2. The number of fused-ring (bicyclic) bond motifs is 1. The number of thiazole rings is 1. The van der Waals surface area contributed by atoms with Crippen LogP contribution in [0.5, 0.6) is 0 Å². The minimum atomic E-state index is -1.07. The Hall–Kier alpha value is -1.76. The van der Waals surface area contributed by atoms with E-state index in [0.29, 0.717) is 5.01 Å². The summed E-state index contributed by atoms with van der Waals surface area (Å²) in [7, 11) is 0. The van der Waals surface area contributed by atoms with Crippen molar-refractivity contribution in [1.82, 2.24) is 10.3 Å². The number of aromatic nitrogens is 1. The largest absolute Gasteiger partial charge is 0.383 e. The van der Waals surface area contributed by atoms with Gasteiger partial charge in [0.2, 0.25) is 0 Å². The molecule has 1 aromatic carbocycles. The average molecular weight is 318 g/mol. The van der Waals surface area contributed by atoms with Gasteiger partial charge in [-0.1, -0.05) is 18.2 Å². The zero-order valence-corrected chi connectivity index (χ0v) is 13.0. The van der Waals surface area contributed by atoms with E-state index in [1.54, 1.807) is 6.92 Å². The van der Waals surface area contributed by atoms with Crippen LogP contribution < -0.4 is 5.32 Å². The average Bonchev–Trinajstić information content (AvgIpc) is 3.13. The first kappa shape index (κ1) is 14.2. The second-order valence-corrected chi connectivity index (χ2v) is 6.90. The molecule has 2 heterocycles. The molecule has 2 aromatic heterocycles. The van der Waals surface area contributed by atoms with Gasteiger partial charge in [0.1, 0.15) is 5.60 Å². The van der Waals surface area contributed by atoms with Gasteiger partial charge >= 0.3 is 0 Å². The minimum absolute atomic E-state index is 0.155. The van der Waals surface area contributed by atoms with Crippen molar-refractivity contribution < 1.29 is 9.90 Å².